The van der Waals surface area contributed by atoms with Crippen LogP contribution < -0.4 is 10.1 Å². The van der Waals surface area contributed by atoms with Crippen molar-refractivity contribution in [2.45, 2.75) is 62.5 Å². The van der Waals surface area contributed by atoms with Crippen molar-refractivity contribution < 1.29 is 14.3 Å². The van der Waals surface area contributed by atoms with Crippen LogP contribution in [0.15, 0.2) is 60.7 Å². The van der Waals surface area contributed by atoms with Gasteiger partial charge in [0.05, 0.1) is 12.1 Å². The average molecular weight is 558 g/mol. The van der Waals surface area contributed by atoms with Crippen LogP contribution in [0.2, 0.25) is 0 Å². The molecule has 5 aliphatic rings. The average Bonchev–Trinajstić information content (AvgIpc) is 3.77. The summed E-state index contributed by atoms with van der Waals surface area (Å²) < 4.78 is 6.56. The topological polar surface area (TPSA) is 63.0 Å². The summed E-state index contributed by atoms with van der Waals surface area (Å²) in [4.78, 5) is 33.0. The molecule has 6 heteroatoms. The number of Topliss-reactive ketones (excluding diaryl/α,β-unsaturated/α-hetero) is 1. The normalized spacial score (nSPS) is 27.1. The molecule has 2 heterocycles. The first-order valence-corrected chi connectivity index (χ1v) is 15.5. The summed E-state index contributed by atoms with van der Waals surface area (Å²) in [7, 11) is 0. The summed E-state index contributed by atoms with van der Waals surface area (Å²) >= 11 is 0. The van der Waals surface area contributed by atoms with Crippen molar-refractivity contribution in [2.75, 3.05) is 19.6 Å². The highest BCUT2D eigenvalue weighted by atomic mass is 16.5. The quantitative estimate of drug-likeness (QED) is 0.368. The number of amides is 1. The van der Waals surface area contributed by atoms with Gasteiger partial charge in [-0.25, -0.2) is 4.85 Å². The number of hydrogen-bond donors (Lipinski definition) is 1. The number of hydrogen-bond acceptors (Lipinski definition) is 4. The third-order valence-electron chi connectivity index (χ3n) is 10.7. The minimum Gasteiger partial charge on any atom is -0.481 e. The van der Waals surface area contributed by atoms with Gasteiger partial charge in [-0.15, -0.1) is 0 Å². The zero-order chi connectivity index (χ0) is 28.4. The Morgan fingerprint density at radius 2 is 1.79 bits per heavy atom. The fourth-order valence-corrected chi connectivity index (χ4v) is 8.47. The van der Waals surface area contributed by atoms with Crippen molar-refractivity contribution in [1.82, 2.24) is 10.2 Å². The molecule has 212 valence electrons. The van der Waals surface area contributed by atoms with E-state index >= 15 is 0 Å². The van der Waals surface area contributed by atoms with Gasteiger partial charge in [0.1, 0.15) is 5.75 Å². The van der Waals surface area contributed by atoms with E-state index < -0.39 is 6.10 Å². The van der Waals surface area contributed by atoms with Crippen LogP contribution in [0, 0.1) is 18.4 Å². The standard InChI is InChI=1S/C36H35N3O3/c1-37-27-11-8-25(9-12-27)24-6-4-22(5-7-24)16-18-38-35(41)28-13-10-26-20-30-29-14-15-31(40)34-36(29,32(26)33(28)42-34)17-19-39(30)21-23-2-3-23/h4-13,23,29-30,34H,2-3,14-21H2,(H,38,41)/t29-,30+,34-,36-/m0/s1. The second-order valence-electron chi connectivity index (χ2n) is 12.9. The highest BCUT2D eigenvalue weighted by Gasteiger charge is 2.66. The maximum atomic E-state index is 13.5. The number of ether oxygens (including phenoxy) is 1. The van der Waals surface area contributed by atoms with Gasteiger partial charge >= 0.3 is 0 Å². The summed E-state index contributed by atoms with van der Waals surface area (Å²) in [5.41, 5.74) is 6.72. The number of rotatable bonds is 7. The van der Waals surface area contributed by atoms with Gasteiger partial charge in [0, 0.05) is 36.5 Å². The summed E-state index contributed by atoms with van der Waals surface area (Å²) in [6.07, 6.45) is 6.44. The van der Waals surface area contributed by atoms with E-state index in [2.05, 4.69) is 45.4 Å². The number of nitrogens with one attached hydrogen (secondary N) is 1. The Hall–Kier alpha value is -3.95. The predicted molar refractivity (Wildman–Crippen MR) is 161 cm³/mol. The molecule has 0 radical (unpaired) electrons. The van der Waals surface area contributed by atoms with E-state index in [1.807, 2.05) is 30.3 Å². The summed E-state index contributed by atoms with van der Waals surface area (Å²) in [5.74, 6) is 2.04. The third-order valence-corrected chi connectivity index (χ3v) is 10.7. The van der Waals surface area contributed by atoms with E-state index in [1.165, 1.54) is 30.5 Å². The summed E-state index contributed by atoms with van der Waals surface area (Å²) in [5, 5.41) is 3.13. The minimum absolute atomic E-state index is 0.128. The summed E-state index contributed by atoms with van der Waals surface area (Å²) in [6, 6.07) is 20.5. The molecule has 4 atom stereocenters. The fraction of sp³-hybridized carbons (Fsp3) is 0.417. The fourth-order valence-electron chi connectivity index (χ4n) is 8.47. The number of piperidine rings is 1. The SMILES string of the molecule is [C-]#[N+]c1ccc(-c2ccc(CCNC(=O)c3ccc4c5c3O[C@H]3C(=O)CC[C@H]6[C@@H](C4)N(CC4CC4)CC[C@]536)cc2)cc1. The lowest BCUT2D eigenvalue weighted by Gasteiger charge is -2.57. The molecule has 1 saturated heterocycles. The van der Waals surface area contributed by atoms with Gasteiger partial charge in [-0.3, -0.25) is 14.5 Å². The van der Waals surface area contributed by atoms with Crippen LogP contribution in [-0.2, 0) is 23.1 Å². The number of ketones is 1. The van der Waals surface area contributed by atoms with Gasteiger partial charge in [-0.05, 0) is 85.2 Å². The van der Waals surface area contributed by atoms with Gasteiger partial charge in [-0.2, -0.15) is 0 Å². The molecule has 0 aromatic heterocycles. The van der Waals surface area contributed by atoms with Gasteiger partial charge in [0.15, 0.2) is 17.6 Å². The van der Waals surface area contributed by atoms with E-state index in [9.17, 15) is 9.59 Å². The Kier molecular flexibility index (Phi) is 6.01. The van der Waals surface area contributed by atoms with Gasteiger partial charge in [0.25, 0.3) is 5.91 Å². The van der Waals surface area contributed by atoms with Crippen LogP contribution in [-0.4, -0.2) is 48.4 Å². The smallest absolute Gasteiger partial charge is 0.255 e. The molecule has 3 fully saturated rings. The van der Waals surface area contributed by atoms with Crippen molar-refractivity contribution >= 4 is 17.4 Å². The lowest BCUT2D eigenvalue weighted by Crippen LogP contribution is -2.66. The molecule has 1 amide bonds. The number of benzene rings is 3. The van der Waals surface area contributed by atoms with Crippen molar-refractivity contribution in [1.29, 1.82) is 0 Å². The van der Waals surface area contributed by atoms with Crippen LogP contribution in [0.4, 0.5) is 5.69 Å². The van der Waals surface area contributed by atoms with Crippen molar-refractivity contribution in [3.05, 3.63) is 94.3 Å². The Morgan fingerprint density at radius 3 is 2.52 bits per heavy atom. The first kappa shape index (κ1) is 25.7. The molecule has 8 rings (SSSR count). The van der Waals surface area contributed by atoms with Crippen LogP contribution in [0.3, 0.4) is 0 Å². The van der Waals surface area contributed by atoms with E-state index in [0.29, 0.717) is 41.9 Å². The number of carbonyl (C=O) groups excluding carboxylic acids is 2. The molecule has 2 saturated carbocycles. The van der Waals surface area contributed by atoms with Crippen LogP contribution in [0.1, 0.15) is 59.2 Å². The van der Waals surface area contributed by atoms with Crippen LogP contribution in [0.5, 0.6) is 5.75 Å². The molecular formula is C36H35N3O3. The molecule has 2 bridgehead atoms. The molecule has 1 spiro atoms. The lowest BCUT2D eigenvalue weighted by molar-refractivity contribution is -0.138. The Morgan fingerprint density at radius 1 is 1.02 bits per heavy atom. The number of nitrogens with zero attached hydrogens (tertiary/aromatic N) is 2. The monoisotopic (exact) mass is 557 g/mol. The van der Waals surface area contributed by atoms with Crippen LogP contribution in [0.25, 0.3) is 16.0 Å². The largest absolute Gasteiger partial charge is 0.481 e. The Labute approximate surface area is 246 Å². The first-order chi connectivity index (χ1) is 20.5. The molecule has 42 heavy (non-hydrogen) atoms. The van der Waals surface area contributed by atoms with Gasteiger partial charge < -0.3 is 10.1 Å². The van der Waals surface area contributed by atoms with Crippen molar-refractivity contribution in [3.8, 4) is 16.9 Å². The zero-order valence-electron chi connectivity index (χ0n) is 23.8. The van der Waals surface area contributed by atoms with Crippen molar-refractivity contribution in [2.24, 2.45) is 11.8 Å². The van der Waals surface area contributed by atoms with E-state index in [4.69, 9.17) is 11.3 Å². The molecule has 1 N–H and O–H groups in total. The molecule has 0 unspecified atom stereocenters. The third kappa shape index (κ3) is 4.01. The van der Waals surface area contributed by atoms with Gasteiger partial charge in [-0.1, -0.05) is 54.6 Å². The summed E-state index contributed by atoms with van der Waals surface area (Å²) in [6.45, 7) is 9.85. The highest BCUT2D eigenvalue weighted by Crippen LogP contribution is 2.62. The lowest BCUT2D eigenvalue weighted by atomic mass is 9.51. The van der Waals surface area contributed by atoms with Crippen molar-refractivity contribution in [3.63, 3.8) is 0 Å². The second-order valence-corrected chi connectivity index (χ2v) is 12.9. The second kappa shape index (κ2) is 9.81. The predicted octanol–water partition coefficient (Wildman–Crippen LogP) is 5.90. The molecule has 3 aliphatic carbocycles. The highest BCUT2D eigenvalue weighted by molar-refractivity contribution is 5.99. The number of carbonyl (C=O) groups is 2. The maximum absolute atomic E-state index is 13.5. The Balaban J connectivity index is 0.996. The number of likely N-dealkylation sites (tertiary alicyclic amines) is 1. The van der Waals surface area contributed by atoms with E-state index in [1.54, 1.807) is 0 Å². The molecular weight excluding hydrogens is 522 g/mol. The Bertz CT molecular complexity index is 1620. The van der Waals surface area contributed by atoms with Gasteiger partial charge in [0.2, 0.25) is 0 Å². The molecule has 3 aromatic carbocycles. The molecule has 3 aromatic rings. The van der Waals surface area contributed by atoms with Crippen LogP contribution >= 0.6 is 0 Å². The molecule has 6 nitrogen and oxygen atoms in total. The minimum atomic E-state index is -0.444. The first-order valence-electron chi connectivity index (χ1n) is 15.5. The van der Waals surface area contributed by atoms with E-state index in [-0.39, 0.29) is 17.1 Å². The molecule has 2 aliphatic heterocycles. The van der Waals surface area contributed by atoms with E-state index in [0.717, 1.165) is 54.8 Å². The maximum Gasteiger partial charge on any atom is 0.255 e. The zero-order valence-corrected chi connectivity index (χ0v) is 23.8.